The zero-order valence-electron chi connectivity index (χ0n) is 15.7. The molecule has 6 nitrogen and oxygen atoms in total. The molecule has 0 saturated carbocycles. The Bertz CT molecular complexity index is 994. The van der Waals surface area contributed by atoms with E-state index in [1.807, 2.05) is 12.1 Å². The van der Waals surface area contributed by atoms with Gasteiger partial charge in [0.1, 0.15) is 12.1 Å². The maximum Gasteiger partial charge on any atom is 0.398 e. The highest BCUT2D eigenvalue weighted by molar-refractivity contribution is 8.00. The summed E-state index contributed by atoms with van der Waals surface area (Å²) in [6.45, 7) is 0. The number of amides is 1. The topological polar surface area (TPSA) is 69.0 Å². The SMILES string of the molecule is COc1ccc(-n2cnnc2SCC(=O)Nc2ccccc2SCC(F)(F)F)cc1. The molecule has 0 saturated heterocycles. The van der Waals surface area contributed by atoms with Crippen LogP contribution in [0.5, 0.6) is 5.75 Å². The van der Waals surface area contributed by atoms with E-state index in [0.29, 0.717) is 33.3 Å². The van der Waals surface area contributed by atoms with Crippen molar-refractivity contribution in [3.8, 4) is 11.4 Å². The molecule has 1 N–H and O–H groups in total. The largest absolute Gasteiger partial charge is 0.497 e. The smallest absolute Gasteiger partial charge is 0.398 e. The van der Waals surface area contributed by atoms with E-state index in [4.69, 9.17) is 4.74 Å². The van der Waals surface area contributed by atoms with Gasteiger partial charge in [-0.05, 0) is 36.4 Å². The summed E-state index contributed by atoms with van der Waals surface area (Å²) in [5.74, 6) is -0.654. The molecule has 0 fully saturated rings. The third kappa shape index (κ3) is 6.17. The van der Waals surface area contributed by atoms with Crippen LogP contribution in [0.25, 0.3) is 5.69 Å². The summed E-state index contributed by atoms with van der Waals surface area (Å²) in [5, 5.41) is 11.1. The van der Waals surface area contributed by atoms with Crippen molar-refractivity contribution in [3.05, 3.63) is 54.9 Å². The van der Waals surface area contributed by atoms with Gasteiger partial charge in [0.2, 0.25) is 5.91 Å². The van der Waals surface area contributed by atoms with Crippen LogP contribution in [-0.4, -0.2) is 45.5 Å². The molecule has 3 aromatic rings. The van der Waals surface area contributed by atoms with E-state index in [-0.39, 0.29) is 11.7 Å². The number of carbonyl (C=O) groups is 1. The van der Waals surface area contributed by atoms with Crippen molar-refractivity contribution in [3.63, 3.8) is 0 Å². The van der Waals surface area contributed by atoms with Crippen molar-refractivity contribution in [1.82, 2.24) is 14.8 Å². The highest BCUT2D eigenvalue weighted by Crippen LogP contribution is 2.32. The minimum absolute atomic E-state index is 0.0210. The molecular weight excluding hydrogens is 437 g/mol. The number of para-hydroxylation sites is 1. The minimum atomic E-state index is -4.29. The van der Waals surface area contributed by atoms with Crippen LogP contribution in [0.4, 0.5) is 18.9 Å². The molecule has 1 amide bonds. The monoisotopic (exact) mass is 454 g/mol. The Morgan fingerprint density at radius 3 is 2.57 bits per heavy atom. The third-order valence-electron chi connectivity index (χ3n) is 3.75. The number of halogens is 3. The van der Waals surface area contributed by atoms with Crippen LogP contribution in [0.3, 0.4) is 0 Å². The van der Waals surface area contributed by atoms with Crippen LogP contribution < -0.4 is 10.1 Å². The quantitative estimate of drug-likeness (QED) is 0.500. The van der Waals surface area contributed by atoms with Gasteiger partial charge in [-0.2, -0.15) is 13.2 Å². The molecule has 0 bridgehead atoms. The molecular formula is C19H17F3N4O2S2. The van der Waals surface area contributed by atoms with Crippen LogP contribution >= 0.6 is 23.5 Å². The Morgan fingerprint density at radius 1 is 1.13 bits per heavy atom. The van der Waals surface area contributed by atoms with E-state index in [2.05, 4.69) is 15.5 Å². The average Bonchev–Trinajstić information content (AvgIpc) is 3.20. The fraction of sp³-hybridized carbons (Fsp3) is 0.211. The first-order chi connectivity index (χ1) is 14.4. The number of anilines is 1. The first-order valence-corrected chi connectivity index (χ1v) is 10.6. The van der Waals surface area contributed by atoms with Crippen molar-refractivity contribution in [2.24, 2.45) is 0 Å². The first kappa shape index (κ1) is 22.0. The second-order valence-electron chi connectivity index (χ2n) is 5.92. The van der Waals surface area contributed by atoms with E-state index in [1.165, 1.54) is 18.1 Å². The summed E-state index contributed by atoms with van der Waals surface area (Å²) >= 11 is 1.80. The molecule has 30 heavy (non-hydrogen) atoms. The van der Waals surface area contributed by atoms with Gasteiger partial charge < -0.3 is 10.1 Å². The molecule has 1 heterocycles. The zero-order chi connectivity index (χ0) is 21.6. The fourth-order valence-electron chi connectivity index (χ4n) is 2.41. The molecule has 0 aliphatic carbocycles. The number of benzene rings is 2. The van der Waals surface area contributed by atoms with Gasteiger partial charge in [0, 0.05) is 10.6 Å². The van der Waals surface area contributed by atoms with Crippen molar-refractivity contribution in [2.75, 3.05) is 23.9 Å². The molecule has 158 valence electrons. The molecule has 0 radical (unpaired) electrons. The van der Waals surface area contributed by atoms with Crippen molar-refractivity contribution >= 4 is 35.1 Å². The Hall–Kier alpha value is -2.66. The van der Waals surface area contributed by atoms with E-state index in [1.54, 1.807) is 48.1 Å². The molecule has 0 unspecified atom stereocenters. The Morgan fingerprint density at radius 2 is 1.87 bits per heavy atom. The first-order valence-electron chi connectivity index (χ1n) is 8.61. The van der Waals surface area contributed by atoms with E-state index in [9.17, 15) is 18.0 Å². The van der Waals surface area contributed by atoms with Gasteiger partial charge in [-0.3, -0.25) is 9.36 Å². The Kier molecular flexibility index (Phi) is 7.27. The predicted octanol–water partition coefficient (Wildman–Crippen LogP) is 4.66. The number of aromatic nitrogens is 3. The minimum Gasteiger partial charge on any atom is -0.497 e. The summed E-state index contributed by atoms with van der Waals surface area (Å²) in [6.07, 6.45) is -2.76. The zero-order valence-corrected chi connectivity index (χ0v) is 17.4. The van der Waals surface area contributed by atoms with Gasteiger partial charge in [0.05, 0.1) is 24.3 Å². The number of hydrogen-bond donors (Lipinski definition) is 1. The standard InChI is InChI=1S/C19H17F3N4O2S2/c1-28-14-8-6-13(7-9-14)26-12-23-25-18(26)29-10-17(27)24-15-4-2-3-5-16(15)30-11-19(20,21)22/h2-9,12H,10-11H2,1H3,(H,24,27). The summed E-state index contributed by atoms with van der Waals surface area (Å²) in [6, 6.07) is 13.7. The normalized spacial score (nSPS) is 11.3. The lowest BCUT2D eigenvalue weighted by Gasteiger charge is -2.12. The number of methoxy groups -OCH3 is 1. The van der Waals surface area contributed by atoms with Crippen LogP contribution in [0.2, 0.25) is 0 Å². The van der Waals surface area contributed by atoms with Crippen LogP contribution in [0.1, 0.15) is 0 Å². The number of thioether (sulfide) groups is 2. The van der Waals surface area contributed by atoms with E-state index >= 15 is 0 Å². The lowest BCUT2D eigenvalue weighted by molar-refractivity contribution is -0.113. The molecule has 11 heteroatoms. The summed E-state index contributed by atoms with van der Waals surface area (Å²) in [5.41, 5.74) is 1.14. The number of hydrogen-bond acceptors (Lipinski definition) is 6. The Labute approximate surface area is 179 Å². The predicted molar refractivity (Wildman–Crippen MR) is 110 cm³/mol. The fourth-order valence-corrected chi connectivity index (χ4v) is 3.91. The third-order valence-corrected chi connectivity index (χ3v) is 5.83. The summed E-state index contributed by atoms with van der Waals surface area (Å²) in [7, 11) is 1.58. The maximum atomic E-state index is 12.5. The molecule has 2 aromatic carbocycles. The number of carbonyl (C=O) groups excluding carboxylic acids is 1. The lowest BCUT2D eigenvalue weighted by atomic mass is 10.3. The second kappa shape index (κ2) is 9.90. The number of ether oxygens (including phenoxy) is 1. The molecule has 0 aliphatic rings. The molecule has 0 spiro atoms. The van der Waals surface area contributed by atoms with Crippen molar-refractivity contribution in [1.29, 1.82) is 0 Å². The second-order valence-corrected chi connectivity index (χ2v) is 7.88. The number of nitrogens with zero attached hydrogens (tertiary/aromatic N) is 3. The summed E-state index contributed by atoms with van der Waals surface area (Å²) < 4.78 is 44.4. The highest BCUT2D eigenvalue weighted by atomic mass is 32.2. The van der Waals surface area contributed by atoms with Gasteiger partial charge in [0.15, 0.2) is 5.16 Å². The van der Waals surface area contributed by atoms with Crippen molar-refractivity contribution in [2.45, 2.75) is 16.2 Å². The van der Waals surface area contributed by atoms with E-state index < -0.39 is 11.9 Å². The van der Waals surface area contributed by atoms with Gasteiger partial charge in [-0.15, -0.1) is 22.0 Å². The van der Waals surface area contributed by atoms with Crippen LogP contribution in [0, 0.1) is 0 Å². The lowest BCUT2D eigenvalue weighted by Crippen LogP contribution is -2.16. The molecule has 1 aromatic heterocycles. The average molecular weight is 454 g/mol. The molecule has 3 rings (SSSR count). The number of alkyl halides is 3. The highest BCUT2D eigenvalue weighted by Gasteiger charge is 2.27. The molecule has 0 atom stereocenters. The van der Waals surface area contributed by atoms with Crippen LogP contribution in [0.15, 0.2) is 64.9 Å². The van der Waals surface area contributed by atoms with Gasteiger partial charge in [0.25, 0.3) is 0 Å². The maximum absolute atomic E-state index is 12.5. The molecule has 0 aliphatic heterocycles. The van der Waals surface area contributed by atoms with Crippen LogP contribution in [-0.2, 0) is 4.79 Å². The number of nitrogens with one attached hydrogen (secondary N) is 1. The van der Waals surface area contributed by atoms with E-state index in [0.717, 1.165) is 5.69 Å². The van der Waals surface area contributed by atoms with Gasteiger partial charge >= 0.3 is 6.18 Å². The van der Waals surface area contributed by atoms with Crippen molar-refractivity contribution < 1.29 is 22.7 Å². The summed E-state index contributed by atoms with van der Waals surface area (Å²) in [4.78, 5) is 12.7. The number of rotatable bonds is 8. The Balaban J connectivity index is 1.62. The van der Waals surface area contributed by atoms with Gasteiger partial charge in [-0.1, -0.05) is 23.9 Å². The van der Waals surface area contributed by atoms with Gasteiger partial charge in [-0.25, -0.2) is 0 Å².